The molecule has 2 heterocycles. The van der Waals surface area contributed by atoms with E-state index in [1.165, 1.54) is 0 Å². The lowest BCUT2D eigenvalue weighted by Gasteiger charge is -2.26. The summed E-state index contributed by atoms with van der Waals surface area (Å²) in [5.41, 5.74) is 1.47. The molecule has 5 heteroatoms. The molecule has 5 nitrogen and oxygen atoms in total. The second-order valence-electron chi connectivity index (χ2n) is 5.80. The Bertz CT molecular complexity index is 727. The van der Waals surface area contributed by atoms with Gasteiger partial charge in [-0.15, -0.1) is 0 Å². The van der Waals surface area contributed by atoms with Crippen molar-refractivity contribution in [3.8, 4) is 0 Å². The number of carbonyl (C=O) groups is 2. The minimum atomic E-state index is -0.341. The first kappa shape index (κ1) is 14.5. The minimum Gasteiger partial charge on any atom is -0.347 e. The highest BCUT2D eigenvalue weighted by atomic mass is 16.2. The van der Waals surface area contributed by atoms with Crippen LogP contribution in [-0.2, 0) is 4.79 Å². The van der Waals surface area contributed by atoms with Gasteiger partial charge in [0.25, 0.3) is 5.91 Å². The lowest BCUT2D eigenvalue weighted by Crippen LogP contribution is -2.45. The third-order valence-electron chi connectivity index (χ3n) is 4.09. The summed E-state index contributed by atoms with van der Waals surface area (Å²) >= 11 is 0. The number of amides is 2. The summed E-state index contributed by atoms with van der Waals surface area (Å²) in [7, 11) is 3.45. The molecule has 1 aromatic carbocycles. The number of pyridine rings is 1. The maximum atomic E-state index is 12.8. The zero-order valence-corrected chi connectivity index (χ0v) is 12.8. The predicted octanol–water partition coefficient (Wildman–Crippen LogP) is 1.93. The number of hydrogen-bond donors (Lipinski definition) is 0. The summed E-state index contributed by atoms with van der Waals surface area (Å²) in [4.78, 5) is 32.5. The number of rotatable bonds is 2. The number of aromatic nitrogens is 1. The Morgan fingerprint density at radius 2 is 2.09 bits per heavy atom. The number of likely N-dealkylation sites (N-methyl/N-ethyl adjacent to an activating group) is 1. The average Bonchev–Trinajstić information content (AvgIpc) is 3.02. The van der Waals surface area contributed by atoms with Crippen molar-refractivity contribution >= 4 is 22.7 Å². The van der Waals surface area contributed by atoms with Gasteiger partial charge in [-0.25, -0.2) is 0 Å². The van der Waals surface area contributed by atoms with E-state index in [4.69, 9.17) is 0 Å². The van der Waals surface area contributed by atoms with Gasteiger partial charge in [0.2, 0.25) is 5.91 Å². The van der Waals surface area contributed by atoms with Crippen molar-refractivity contribution < 1.29 is 9.59 Å². The summed E-state index contributed by atoms with van der Waals surface area (Å²) in [6.45, 7) is 0.633. The summed E-state index contributed by atoms with van der Waals surface area (Å²) in [6.07, 6.45) is 3.33. The quantitative estimate of drug-likeness (QED) is 0.851. The fourth-order valence-corrected chi connectivity index (χ4v) is 2.94. The number of fused-ring (bicyclic) bond motifs is 1. The summed E-state index contributed by atoms with van der Waals surface area (Å²) in [5.74, 6) is -0.0863. The molecular weight excluding hydrogens is 278 g/mol. The molecule has 0 radical (unpaired) electrons. The Kier molecular flexibility index (Phi) is 3.79. The molecule has 1 aromatic heterocycles. The van der Waals surface area contributed by atoms with Gasteiger partial charge in [0.15, 0.2) is 0 Å². The van der Waals surface area contributed by atoms with E-state index in [2.05, 4.69) is 4.98 Å². The van der Waals surface area contributed by atoms with Crippen molar-refractivity contribution in [2.24, 2.45) is 0 Å². The molecule has 1 saturated heterocycles. The molecule has 22 heavy (non-hydrogen) atoms. The van der Waals surface area contributed by atoms with Gasteiger partial charge in [-0.05, 0) is 37.1 Å². The average molecular weight is 297 g/mol. The first-order chi connectivity index (χ1) is 10.6. The summed E-state index contributed by atoms with van der Waals surface area (Å²) in [6, 6.07) is 8.93. The van der Waals surface area contributed by atoms with Crippen LogP contribution in [0.2, 0.25) is 0 Å². The standard InChI is InChI=1S/C17H19N3O2/c1-19(2)17(22)15-6-4-10-20(15)16(21)13-7-8-14-12(11-13)5-3-9-18-14/h3,5,7-9,11,15H,4,6,10H2,1-2H3. The maximum Gasteiger partial charge on any atom is 0.254 e. The van der Waals surface area contributed by atoms with Gasteiger partial charge in [-0.2, -0.15) is 0 Å². The van der Waals surface area contributed by atoms with Gasteiger partial charge in [-0.1, -0.05) is 6.07 Å². The molecule has 2 amide bonds. The molecule has 0 aliphatic carbocycles. The molecule has 1 unspecified atom stereocenters. The molecule has 1 fully saturated rings. The molecule has 1 aliphatic rings. The Morgan fingerprint density at radius 3 is 2.86 bits per heavy atom. The van der Waals surface area contributed by atoms with Crippen LogP contribution in [0.5, 0.6) is 0 Å². The normalized spacial score (nSPS) is 17.7. The van der Waals surface area contributed by atoms with Gasteiger partial charge in [0, 0.05) is 37.8 Å². The number of nitrogens with zero attached hydrogens (tertiary/aromatic N) is 3. The van der Waals surface area contributed by atoms with Crippen molar-refractivity contribution in [3.63, 3.8) is 0 Å². The third-order valence-corrected chi connectivity index (χ3v) is 4.09. The molecule has 0 N–H and O–H groups in total. The van der Waals surface area contributed by atoms with E-state index in [-0.39, 0.29) is 17.9 Å². The van der Waals surface area contributed by atoms with E-state index < -0.39 is 0 Å². The van der Waals surface area contributed by atoms with Crippen LogP contribution >= 0.6 is 0 Å². The van der Waals surface area contributed by atoms with Gasteiger partial charge in [0.1, 0.15) is 6.04 Å². The van der Waals surface area contributed by atoms with Crippen molar-refractivity contribution in [2.75, 3.05) is 20.6 Å². The topological polar surface area (TPSA) is 53.5 Å². The largest absolute Gasteiger partial charge is 0.347 e. The highest BCUT2D eigenvalue weighted by molar-refractivity contribution is 6.00. The third kappa shape index (κ3) is 2.54. The van der Waals surface area contributed by atoms with Crippen LogP contribution in [0.25, 0.3) is 10.9 Å². The second kappa shape index (κ2) is 5.75. The van der Waals surface area contributed by atoms with E-state index in [1.54, 1.807) is 36.2 Å². The molecule has 0 bridgehead atoms. The van der Waals surface area contributed by atoms with Crippen molar-refractivity contribution in [1.82, 2.24) is 14.8 Å². The van der Waals surface area contributed by atoms with E-state index in [9.17, 15) is 9.59 Å². The molecule has 1 aliphatic heterocycles. The SMILES string of the molecule is CN(C)C(=O)C1CCCN1C(=O)c1ccc2ncccc2c1. The van der Waals surface area contributed by atoms with E-state index >= 15 is 0 Å². The van der Waals surface area contributed by atoms with Crippen LogP contribution in [0.1, 0.15) is 23.2 Å². The zero-order valence-electron chi connectivity index (χ0n) is 12.8. The van der Waals surface area contributed by atoms with Gasteiger partial charge in [0.05, 0.1) is 5.52 Å². The molecule has 0 spiro atoms. The van der Waals surface area contributed by atoms with Crippen molar-refractivity contribution in [3.05, 3.63) is 42.1 Å². The molecule has 114 valence electrons. The smallest absolute Gasteiger partial charge is 0.254 e. The molecule has 1 atom stereocenters. The van der Waals surface area contributed by atoms with Crippen LogP contribution < -0.4 is 0 Å². The van der Waals surface area contributed by atoms with E-state index in [0.717, 1.165) is 23.7 Å². The number of benzene rings is 1. The first-order valence-corrected chi connectivity index (χ1v) is 7.45. The minimum absolute atomic E-state index is 0.00620. The highest BCUT2D eigenvalue weighted by Crippen LogP contribution is 2.23. The van der Waals surface area contributed by atoms with Crippen LogP contribution in [0.4, 0.5) is 0 Å². The summed E-state index contributed by atoms with van der Waals surface area (Å²) in [5, 5.41) is 0.933. The maximum absolute atomic E-state index is 12.8. The highest BCUT2D eigenvalue weighted by Gasteiger charge is 2.35. The van der Waals surface area contributed by atoms with Crippen molar-refractivity contribution in [2.45, 2.75) is 18.9 Å². The Labute approximate surface area is 129 Å². The van der Waals surface area contributed by atoms with Crippen LogP contribution in [0.15, 0.2) is 36.5 Å². The summed E-state index contributed by atoms with van der Waals surface area (Å²) < 4.78 is 0. The van der Waals surface area contributed by atoms with E-state index in [0.29, 0.717) is 12.1 Å². The fourth-order valence-electron chi connectivity index (χ4n) is 2.94. The van der Waals surface area contributed by atoms with Crippen LogP contribution in [0, 0.1) is 0 Å². The number of likely N-dealkylation sites (tertiary alicyclic amines) is 1. The first-order valence-electron chi connectivity index (χ1n) is 7.45. The van der Waals surface area contributed by atoms with E-state index in [1.807, 2.05) is 24.3 Å². The molecule has 2 aromatic rings. The molecule has 3 rings (SSSR count). The van der Waals surface area contributed by atoms with Gasteiger partial charge >= 0.3 is 0 Å². The Morgan fingerprint density at radius 1 is 1.27 bits per heavy atom. The monoisotopic (exact) mass is 297 g/mol. The van der Waals surface area contributed by atoms with Crippen LogP contribution in [-0.4, -0.2) is 53.3 Å². The van der Waals surface area contributed by atoms with Crippen molar-refractivity contribution in [1.29, 1.82) is 0 Å². The molecular formula is C17H19N3O2. The lowest BCUT2D eigenvalue weighted by atomic mass is 10.1. The number of hydrogen-bond acceptors (Lipinski definition) is 3. The predicted molar refractivity (Wildman–Crippen MR) is 84.5 cm³/mol. The van der Waals surface area contributed by atoms with Crippen LogP contribution in [0.3, 0.4) is 0 Å². The van der Waals surface area contributed by atoms with Gasteiger partial charge < -0.3 is 9.80 Å². The zero-order chi connectivity index (χ0) is 15.7. The number of carbonyl (C=O) groups excluding carboxylic acids is 2. The second-order valence-corrected chi connectivity index (χ2v) is 5.80. The fraction of sp³-hybridized carbons (Fsp3) is 0.353. The van der Waals surface area contributed by atoms with Gasteiger partial charge in [-0.3, -0.25) is 14.6 Å². The lowest BCUT2D eigenvalue weighted by molar-refractivity contribution is -0.132. The molecule has 0 saturated carbocycles. The Hall–Kier alpha value is -2.43. The Balaban J connectivity index is 1.89.